The normalized spacial score (nSPS) is 26.3. The highest BCUT2D eigenvalue weighted by atomic mass is 16.2. The maximum absolute atomic E-state index is 12.4. The van der Waals surface area contributed by atoms with Crippen LogP contribution in [0.4, 0.5) is 4.79 Å². The van der Waals surface area contributed by atoms with Crippen molar-refractivity contribution in [2.45, 2.75) is 25.4 Å². The number of nitrogens with one attached hydrogen (secondary N) is 2. The molecule has 5 nitrogen and oxygen atoms in total. The molecule has 3 rings (SSSR count). The van der Waals surface area contributed by atoms with E-state index >= 15 is 0 Å². The maximum Gasteiger partial charge on any atom is 0.325 e. The van der Waals surface area contributed by atoms with Gasteiger partial charge in [-0.25, -0.2) is 4.79 Å². The quantitative estimate of drug-likeness (QED) is 0.772. The number of carbonyl (C=O) groups excluding carboxylic acids is 2. The topological polar surface area (TPSA) is 61.4 Å². The van der Waals surface area contributed by atoms with Crippen LogP contribution >= 0.6 is 0 Å². The Labute approximate surface area is 112 Å². The van der Waals surface area contributed by atoms with Gasteiger partial charge < -0.3 is 10.6 Å². The number of aryl methyl sites for hydroxylation is 1. The molecular weight excluding hydrogens is 242 g/mol. The summed E-state index contributed by atoms with van der Waals surface area (Å²) in [6.07, 6.45) is 0.669. The molecule has 0 bridgehead atoms. The minimum absolute atomic E-state index is 0.108. The number of hydrogen-bond donors (Lipinski definition) is 2. The Morgan fingerprint density at radius 3 is 2.63 bits per heavy atom. The highest BCUT2D eigenvalue weighted by Crippen LogP contribution is 2.25. The summed E-state index contributed by atoms with van der Waals surface area (Å²) in [6, 6.07) is 7.59. The van der Waals surface area contributed by atoms with Gasteiger partial charge in [0.25, 0.3) is 5.91 Å². The summed E-state index contributed by atoms with van der Waals surface area (Å²) in [5, 5.41) is 5.97. The molecule has 5 heteroatoms. The first-order valence-corrected chi connectivity index (χ1v) is 6.51. The molecule has 2 saturated heterocycles. The van der Waals surface area contributed by atoms with Crippen LogP contribution in [0.5, 0.6) is 0 Å². The third-order valence-electron chi connectivity index (χ3n) is 3.86. The van der Waals surface area contributed by atoms with Gasteiger partial charge in [0, 0.05) is 6.54 Å². The van der Waals surface area contributed by atoms with Gasteiger partial charge in [0.1, 0.15) is 5.54 Å². The Hall–Kier alpha value is -1.88. The summed E-state index contributed by atoms with van der Waals surface area (Å²) < 4.78 is 0. The first kappa shape index (κ1) is 12.2. The summed E-state index contributed by atoms with van der Waals surface area (Å²) >= 11 is 0. The summed E-state index contributed by atoms with van der Waals surface area (Å²) in [5.74, 6) is -0.108. The van der Waals surface area contributed by atoms with Crippen molar-refractivity contribution in [3.05, 3.63) is 35.4 Å². The molecule has 0 saturated carbocycles. The molecule has 19 heavy (non-hydrogen) atoms. The minimum Gasteiger partial charge on any atom is -0.322 e. The molecule has 2 heterocycles. The van der Waals surface area contributed by atoms with Crippen LogP contribution in [0.1, 0.15) is 17.5 Å². The highest BCUT2D eigenvalue weighted by molar-refractivity contribution is 6.07. The fraction of sp³-hybridized carbons (Fsp3) is 0.429. The molecule has 100 valence electrons. The lowest BCUT2D eigenvalue weighted by molar-refractivity contribution is -0.131. The Bertz CT molecular complexity index is 518. The largest absolute Gasteiger partial charge is 0.325 e. The molecule has 2 N–H and O–H groups in total. The number of rotatable bonds is 2. The molecule has 1 aromatic carbocycles. The molecule has 2 aliphatic heterocycles. The van der Waals surface area contributed by atoms with E-state index in [0.29, 0.717) is 19.5 Å². The number of urea groups is 1. The van der Waals surface area contributed by atoms with Crippen molar-refractivity contribution in [2.75, 3.05) is 13.1 Å². The lowest BCUT2D eigenvalue weighted by Crippen LogP contribution is -2.48. The van der Waals surface area contributed by atoms with E-state index in [-0.39, 0.29) is 11.9 Å². The Morgan fingerprint density at radius 1 is 1.26 bits per heavy atom. The lowest BCUT2D eigenvalue weighted by Gasteiger charge is -2.19. The van der Waals surface area contributed by atoms with Gasteiger partial charge in [0.15, 0.2) is 0 Å². The molecule has 2 fully saturated rings. The standard InChI is InChI=1S/C14H17N3O2/c1-10-2-4-11(5-3-10)8-17-12(18)14(16-13(17)19)6-7-15-9-14/h2-5,15H,6-9H2,1H3,(H,16,19)/t14-/m1/s1. The zero-order valence-electron chi connectivity index (χ0n) is 10.9. The van der Waals surface area contributed by atoms with Crippen LogP contribution in [0.15, 0.2) is 24.3 Å². The third-order valence-corrected chi connectivity index (χ3v) is 3.86. The van der Waals surface area contributed by atoms with E-state index in [2.05, 4.69) is 10.6 Å². The van der Waals surface area contributed by atoms with Crippen molar-refractivity contribution in [2.24, 2.45) is 0 Å². The molecule has 0 unspecified atom stereocenters. The zero-order chi connectivity index (χ0) is 13.5. The number of nitrogens with zero attached hydrogens (tertiary/aromatic N) is 1. The predicted octanol–water partition coefficient (Wildman–Crippen LogP) is 0.779. The lowest BCUT2D eigenvalue weighted by atomic mass is 9.99. The molecule has 1 aromatic rings. The van der Waals surface area contributed by atoms with Gasteiger partial charge >= 0.3 is 6.03 Å². The van der Waals surface area contributed by atoms with Crippen LogP contribution < -0.4 is 10.6 Å². The summed E-state index contributed by atoms with van der Waals surface area (Å²) in [7, 11) is 0. The van der Waals surface area contributed by atoms with Crippen LogP contribution in [-0.4, -0.2) is 35.5 Å². The van der Waals surface area contributed by atoms with Crippen molar-refractivity contribution in [3.8, 4) is 0 Å². The number of hydrogen-bond acceptors (Lipinski definition) is 3. The van der Waals surface area contributed by atoms with Crippen molar-refractivity contribution in [1.82, 2.24) is 15.5 Å². The van der Waals surface area contributed by atoms with E-state index in [4.69, 9.17) is 0 Å². The third kappa shape index (κ3) is 2.00. The first-order chi connectivity index (χ1) is 9.11. The first-order valence-electron chi connectivity index (χ1n) is 6.51. The molecule has 3 amide bonds. The van der Waals surface area contributed by atoms with E-state index in [0.717, 1.165) is 17.7 Å². The van der Waals surface area contributed by atoms with E-state index in [1.165, 1.54) is 4.90 Å². The average Bonchev–Trinajstić information content (AvgIpc) is 2.94. The van der Waals surface area contributed by atoms with Crippen molar-refractivity contribution in [1.29, 1.82) is 0 Å². The SMILES string of the molecule is Cc1ccc(CN2C(=O)N[C@@]3(CCNC3)C2=O)cc1. The van der Waals surface area contributed by atoms with Crippen LogP contribution in [0, 0.1) is 6.92 Å². The summed E-state index contributed by atoms with van der Waals surface area (Å²) in [5.41, 5.74) is 1.43. The van der Waals surface area contributed by atoms with Gasteiger partial charge in [-0.05, 0) is 25.5 Å². The van der Waals surface area contributed by atoms with Crippen LogP contribution in [0.3, 0.4) is 0 Å². The molecule has 1 spiro atoms. The number of amides is 3. The van der Waals surface area contributed by atoms with Crippen molar-refractivity contribution >= 4 is 11.9 Å². The molecule has 0 aliphatic carbocycles. The zero-order valence-corrected chi connectivity index (χ0v) is 10.9. The second-order valence-corrected chi connectivity index (χ2v) is 5.32. The Kier molecular flexibility index (Phi) is 2.78. The Morgan fingerprint density at radius 2 is 2.00 bits per heavy atom. The Balaban J connectivity index is 1.79. The smallest absolute Gasteiger partial charge is 0.322 e. The van der Waals surface area contributed by atoms with Gasteiger partial charge in [0.05, 0.1) is 6.54 Å². The van der Waals surface area contributed by atoms with Crippen LogP contribution in [-0.2, 0) is 11.3 Å². The average molecular weight is 259 g/mol. The molecule has 1 atom stereocenters. The van der Waals surface area contributed by atoms with E-state index < -0.39 is 5.54 Å². The van der Waals surface area contributed by atoms with E-state index in [1.807, 2.05) is 31.2 Å². The predicted molar refractivity (Wildman–Crippen MR) is 70.5 cm³/mol. The number of carbonyl (C=O) groups is 2. The molecule has 0 radical (unpaired) electrons. The van der Waals surface area contributed by atoms with Gasteiger partial charge in [-0.3, -0.25) is 9.69 Å². The van der Waals surface area contributed by atoms with Crippen LogP contribution in [0.2, 0.25) is 0 Å². The second-order valence-electron chi connectivity index (χ2n) is 5.32. The van der Waals surface area contributed by atoms with Gasteiger partial charge in [-0.2, -0.15) is 0 Å². The summed E-state index contributed by atoms with van der Waals surface area (Å²) in [4.78, 5) is 25.7. The van der Waals surface area contributed by atoms with Gasteiger partial charge in [-0.1, -0.05) is 29.8 Å². The fourth-order valence-corrected chi connectivity index (χ4v) is 2.68. The van der Waals surface area contributed by atoms with Gasteiger partial charge in [-0.15, -0.1) is 0 Å². The molecule has 2 aliphatic rings. The highest BCUT2D eigenvalue weighted by Gasteiger charge is 2.52. The van der Waals surface area contributed by atoms with Crippen molar-refractivity contribution in [3.63, 3.8) is 0 Å². The molecule has 0 aromatic heterocycles. The number of imide groups is 1. The van der Waals surface area contributed by atoms with Crippen LogP contribution in [0.25, 0.3) is 0 Å². The van der Waals surface area contributed by atoms with Gasteiger partial charge in [0.2, 0.25) is 0 Å². The fourth-order valence-electron chi connectivity index (χ4n) is 2.68. The van der Waals surface area contributed by atoms with E-state index in [1.54, 1.807) is 0 Å². The molecular formula is C14H17N3O2. The summed E-state index contributed by atoms with van der Waals surface area (Å²) in [6.45, 7) is 3.65. The minimum atomic E-state index is -0.707. The number of benzene rings is 1. The maximum atomic E-state index is 12.4. The second kappa shape index (κ2) is 4.35. The van der Waals surface area contributed by atoms with E-state index in [9.17, 15) is 9.59 Å². The monoisotopic (exact) mass is 259 g/mol. The van der Waals surface area contributed by atoms with Crippen molar-refractivity contribution < 1.29 is 9.59 Å².